The fraction of sp³-hybridized carbons (Fsp3) is 0.294. The largest absolute Gasteiger partial charge is 0.348 e. The first kappa shape index (κ1) is 15.1. The van der Waals surface area contributed by atoms with Crippen LogP contribution in [0.2, 0.25) is 0 Å². The van der Waals surface area contributed by atoms with Crippen molar-refractivity contribution in [1.82, 2.24) is 15.3 Å². The van der Waals surface area contributed by atoms with Gasteiger partial charge in [-0.2, -0.15) is 0 Å². The quantitative estimate of drug-likeness (QED) is 0.908. The standard InChI is InChI=1S/C17H18N4O2/c22-16(12-6-2-1-3-7-12)21-15-14(18-10-11-19-15)17(23)20-13-8-4-5-9-13/h1-3,6-7,10-11,13H,4-5,8-9H2,(H,20,23)(H,19,21,22). The van der Waals surface area contributed by atoms with Gasteiger partial charge in [0, 0.05) is 24.0 Å². The highest BCUT2D eigenvalue weighted by Crippen LogP contribution is 2.19. The molecule has 2 N–H and O–H groups in total. The Bertz CT molecular complexity index is 697. The lowest BCUT2D eigenvalue weighted by atomic mass is 10.2. The summed E-state index contributed by atoms with van der Waals surface area (Å²) in [7, 11) is 0. The fourth-order valence-electron chi connectivity index (χ4n) is 2.69. The number of aromatic nitrogens is 2. The third-order valence-corrected chi connectivity index (χ3v) is 3.87. The van der Waals surface area contributed by atoms with E-state index < -0.39 is 0 Å². The lowest BCUT2D eigenvalue weighted by molar-refractivity contribution is 0.0933. The van der Waals surface area contributed by atoms with Gasteiger partial charge in [-0.15, -0.1) is 0 Å². The number of nitrogens with one attached hydrogen (secondary N) is 2. The van der Waals surface area contributed by atoms with Gasteiger partial charge in [0.1, 0.15) is 0 Å². The van der Waals surface area contributed by atoms with Gasteiger partial charge in [-0.1, -0.05) is 31.0 Å². The van der Waals surface area contributed by atoms with Crippen molar-refractivity contribution in [2.45, 2.75) is 31.7 Å². The number of hydrogen-bond acceptors (Lipinski definition) is 4. The molecule has 6 nitrogen and oxygen atoms in total. The molecule has 1 aliphatic rings. The van der Waals surface area contributed by atoms with Crippen LogP contribution in [0.1, 0.15) is 46.5 Å². The predicted octanol–water partition coefficient (Wildman–Crippen LogP) is 2.40. The highest BCUT2D eigenvalue weighted by molar-refractivity contribution is 6.07. The maximum atomic E-state index is 12.4. The summed E-state index contributed by atoms with van der Waals surface area (Å²) in [5.74, 6) is -0.439. The zero-order valence-electron chi connectivity index (χ0n) is 12.7. The number of carbonyl (C=O) groups excluding carboxylic acids is 2. The number of benzene rings is 1. The van der Waals surface area contributed by atoms with E-state index in [4.69, 9.17) is 0 Å². The van der Waals surface area contributed by atoms with Crippen molar-refractivity contribution in [2.75, 3.05) is 5.32 Å². The Morgan fingerprint density at radius 2 is 1.65 bits per heavy atom. The van der Waals surface area contributed by atoms with E-state index >= 15 is 0 Å². The Labute approximate surface area is 134 Å². The molecule has 1 heterocycles. The number of amides is 2. The van der Waals surface area contributed by atoms with Gasteiger partial charge < -0.3 is 10.6 Å². The Kier molecular flexibility index (Phi) is 4.61. The molecule has 118 valence electrons. The van der Waals surface area contributed by atoms with Crippen LogP contribution in [0, 0.1) is 0 Å². The lowest BCUT2D eigenvalue weighted by Gasteiger charge is -2.13. The normalized spacial score (nSPS) is 14.4. The smallest absolute Gasteiger partial charge is 0.273 e. The second kappa shape index (κ2) is 7.00. The molecule has 1 aromatic heterocycles. The highest BCUT2D eigenvalue weighted by atomic mass is 16.2. The first-order valence-electron chi connectivity index (χ1n) is 7.72. The first-order chi connectivity index (χ1) is 11.2. The van der Waals surface area contributed by atoms with Crippen molar-refractivity contribution in [3.8, 4) is 0 Å². The summed E-state index contributed by atoms with van der Waals surface area (Å²) in [6.07, 6.45) is 7.12. The molecule has 3 rings (SSSR count). The van der Waals surface area contributed by atoms with Crippen LogP contribution in [0.25, 0.3) is 0 Å². The summed E-state index contributed by atoms with van der Waals surface area (Å²) in [5, 5.41) is 5.62. The van der Waals surface area contributed by atoms with Crippen molar-refractivity contribution >= 4 is 17.6 Å². The van der Waals surface area contributed by atoms with Crippen molar-refractivity contribution in [3.63, 3.8) is 0 Å². The topological polar surface area (TPSA) is 84.0 Å². The number of hydrogen-bond donors (Lipinski definition) is 2. The van der Waals surface area contributed by atoms with Crippen molar-refractivity contribution < 1.29 is 9.59 Å². The van der Waals surface area contributed by atoms with E-state index in [1.165, 1.54) is 12.4 Å². The number of rotatable bonds is 4. The summed E-state index contributed by atoms with van der Waals surface area (Å²) in [6, 6.07) is 8.97. The number of carbonyl (C=O) groups is 2. The average Bonchev–Trinajstić information content (AvgIpc) is 3.09. The minimum atomic E-state index is -0.319. The second-order valence-corrected chi connectivity index (χ2v) is 5.53. The number of anilines is 1. The van der Waals surface area contributed by atoms with E-state index in [9.17, 15) is 9.59 Å². The van der Waals surface area contributed by atoms with Crippen molar-refractivity contribution in [2.24, 2.45) is 0 Å². The van der Waals surface area contributed by atoms with Crippen LogP contribution >= 0.6 is 0 Å². The summed E-state index contributed by atoms with van der Waals surface area (Å²) in [5.41, 5.74) is 0.643. The van der Waals surface area contributed by atoms with Crippen LogP contribution < -0.4 is 10.6 Å². The fourth-order valence-corrected chi connectivity index (χ4v) is 2.69. The molecule has 1 fully saturated rings. The van der Waals surface area contributed by atoms with Gasteiger partial charge >= 0.3 is 0 Å². The van der Waals surface area contributed by atoms with Crippen LogP contribution in [0.4, 0.5) is 5.82 Å². The van der Waals surface area contributed by atoms with Crippen LogP contribution in [0.3, 0.4) is 0 Å². The average molecular weight is 310 g/mol. The van der Waals surface area contributed by atoms with Gasteiger partial charge in [0.15, 0.2) is 11.5 Å². The molecule has 0 saturated heterocycles. The Morgan fingerprint density at radius 3 is 2.39 bits per heavy atom. The highest BCUT2D eigenvalue weighted by Gasteiger charge is 2.22. The summed E-state index contributed by atoms with van der Waals surface area (Å²) < 4.78 is 0. The van der Waals surface area contributed by atoms with Crippen LogP contribution in [-0.4, -0.2) is 27.8 Å². The minimum Gasteiger partial charge on any atom is -0.348 e. The third-order valence-electron chi connectivity index (χ3n) is 3.87. The van der Waals surface area contributed by atoms with E-state index in [0.29, 0.717) is 5.56 Å². The van der Waals surface area contributed by atoms with E-state index in [1.807, 2.05) is 6.07 Å². The molecule has 0 spiro atoms. The molecule has 23 heavy (non-hydrogen) atoms. The van der Waals surface area contributed by atoms with E-state index in [-0.39, 0.29) is 29.4 Å². The lowest BCUT2D eigenvalue weighted by Crippen LogP contribution is -2.34. The maximum absolute atomic E-state index is 12.4. The van der Waals surface area contributed by atoms with Gasteiger partial charge in [-0.3, -0.25) is 9.59 Å². The zero-order valence-corrected chi connectivity index (χ0v) is 12.7. The molecule has 6 heteroatoms. The molecule has 2 amide bonds. The van der Waals surface area contributed by atoms with E-state index in [2.05, 4.69) is 20.6 Å². The van der Waals surface area contributed by atoms with Gasteiger partial charge in [0.2, 0.25) is 0 Å². The molecular weight excluding hydrogens is 292 g/mol. The van der Waals surface area contributed by atoms with Crippen molar-refractivity contribution in [1.29, 1.82) is 0 Å². The SMILES string of the molecule is O=C(Nc1nccnc1C(=O)NC1CCCC1)c1ccccc1. The molecule has 0 atom stereocenters. The van der Waals surface area contributed by atoms with Crippen LogP contribution in [-0.2, 0) is 0 Å². The van der Waals surface area contributed by atoms with Crippen LogP contribution in [0.15, 0.2) is 42.7 Å². The molecule has 0 radical (unpaired) electrons. The first-order valence-corrected chi connectivity index (χ1v) is 7.72. The molecule has 0 aliphatic heterocycles. The molecule has 2 aromatic rings. The zero-order chi connectivity index (χ0) is 16.1. The second-order valence-electron chi connectivity index (χ2n) is 5.53. The summed E-state index contributed by atoms with van der Waals surface area (Å²) >= 11 is 0. The van der Waals surface area contributed by atoms with Gasteiger partial charge in [-0.25, -0.2) is 9.97 Å². The molecule has 1 aromatic carbocycles. The monoisotopic (exact) mass is 310 g/mol. The van der Waals surface area contributed by atoms with Gasteiger partial charge in [0.05, 0.1) is 0 Å². The van der Waals surface area contributed by atoms with Crippen LogP contribution in [0.5, 0.6) is 0 Å². The van der Waals surface area contributed by atoms with Crippen molar-refractivity contribution in [3.05, 3.63) is 54.0 Å². The molecule has 1 saturated carbocycles. The Balaban J connectivity index is 1.75. The minimum absolute atomic E-state index is 0.142. The molecular formula is C17H18N4O2. The third kappa shape index (κ3) is 3.71. The molecule has 1 aliphatic carbocycles. The summed E-state index contributed by atoms with van der Waals surface area (Å²) in [4.78, 5) is 32.8. The summed E-state index contributed by atoms with van der Waals surface area (Å²) in [6.45, 7) is 0. The Morgan fingerprint density at radius 1 is 0.957 bits per heavy atom. The van der Waals surface area contributed by atoms with Gasteiger partial charge in [-0.05, 0) is 25.0 Å². The number of nitrogens with zero attached hydrogens (tertiary/aromatic N) is 2. The Hall–Kier alpha value is -2.76. The molecule has 0 bridgehead atoms. The van der Waals surface area contributed by atoms with E-state index in [1.54, 1.807) is 24.3 Å². The predicted molar refractivity (Wildman–Crippen MR) is 86.1 cm³/mol. The van der Waals surface area contributed by atoms with Gasteiger partial charge in [0.25, 0.3) is 11.8 Å². The van der Waals surface area contributed by atoms with E-state index in [0.717, 1.165) is 25.7 Å². The molecule has 0 unspecified atom stereocenters. The maximum Gasteiger partial charge on any atom is 0.273 e.